The third-order valence-corrected chi connectivity index (χ3v) is 9.66. The van der Waals surface area contributed by atoms with Crippen LogP contribution < -0.4 is 0 Å². The molecule has 0 fully saturated rings. The quantitative estimate of drug-likeness (QED) is 0.194. The van der Waals surface area contributed by atoms with E-state index in [0.29, 0.717) is 17.5 Å². The van der Waals surface area contributed by atoms with Crippen molar-refractivity contribution in [1.82, 2.24) is 19.9 Å². The van der Waals surface area contributed by atoms with Gasteiger partial charge in [-0.3, -0.25) is 0 Å². The third kappa shape index (κ3) is 4.17. The second-order valence-electron chi connectivity index (χ2n) is 11.4. The van der Waals surface area contributed by atoms with Crippen LogP contribution in [0.25, 0.3) is 98.8 Å². The van der Waals surface area contributed by atoms with Gasteiger partial charge in [0.2, 0.25) is 0 Å². The first-order valence-corrected chi connectivity index (χ1v) is 16.1. The zero-order chi connectivity index (χ0) is 30.9. The summed E-state index contributed by atoms with van der Waals surface area (Å²) < 4.78 is 13.9. The summed E-state index contributed by atoms with van der Waals surface area (Å²) in [5.74, 6) is 1.73. The Kier molecular flexibility index (Phi) is 5.64. The van der Waals surface area contributed by atoms with E-state index in [9.17, 15) is 0 Å². The van der Waals surface area contributed by atoms with Crippen LogP contribution in [0.5, 0.6) is 0 Å². The number of hydrogen-bond acceptors (Lipinski definition) is 7. The van der Waals surface area contributed by atoms with Crippen LogP contribution in [0.1, 0.15) is 0 Å². The Bertz CT molecular complexity index is 2780. The summed E-state index contributed by atoms with van der Waals surface area (Å²) in [6.45, 7) is 0. The highest BCUT2D eigenvalue weighted by molar-refractivity contribution is 7.21. The molecule has 47 heavy (non-hydrogen) atoms. The Morgan fingerprint density at radius 3 is 2.06 bits per heavy atom. The number of benzene rings is 6. The van der Waals surface area contributed by atoms with E-state index in [1.54, 1.807) is 11.3 Å². The van der Waals surface area contributed by atoms with Crippen molar-refractivity contribution < 1.29 is 8.83 Å². The second-order valence-corrected chi connectivity index (χ2v) is 12.5. The monoisotopic (exact) mass is 622 g/mol. The topological polar surface area (TPSA) is 77.8 Å². The molecule has 0 saturated carbocycles. The molecule has 10 rings (SSSR count). The van der Waals surface area contributed by atoms with Gasteiger partial charge >= 0.3 is 0 Å². The average molecular weight is 623 g/mol. The number of fused-ring (bicyclic) bond motifs is 7. The summed E-state index contributed by atoms with van der Waals surface area (Å²) in [6, 6.07) is 44.7. The Labute approximate surface area is 271 Å². The molecule has 10 aromatic rings. The Hall–Kier alpha value is -6.18. The predicted molar refractivity (Wildman–Crippen MR) is 189 cm³/mol. The van der Waals surface area contributed by atoms with Crippen molar-refractivity contribution in [2.24, 2.45) is 0 Å². The standard InChI is InChI=1S/C40H22N4O2S/c1-2-10-23(11-3-1)37-42-38(24-20-21-26-25-12-4-6-17-31(25)45-33(26)22-24)44-39(43-37)28-14-9-18-32-35(28)27-13-8-15-29(36(27)46-32)40-41-30-16-5-7-19-34(30)47-40/h1-22H. The van der Waals surface area contributed by atoms with E-state index in [1.165, 1.54) is 0 Å². The van der Waals surface area contributed by atoms with Gasteiger partial charge in [0.15, 0.2) is 17.5 Å². The normalized spacial score (nSPS) is 11.8. The average Bonchev–Trinajstić information content (AvgIpc) is 3.84. The van der Waals surface area contributed by atoms with E-state index >= 15 is 0 Å². The third-order valence-electron chi connectivity index (χ3n) is 8.59. The molecule has 0 aliphatic carbocycles. The van der Waals surface area contributed by atoms with E-state index < -0.39 is 0 Å². The van der Waals surface area contributed by atoms with E-state index in [0.717, 1.165) is 81.4 Å². The van der Waals surface area contributed by atoms with Crippen molar-refractivity contribution in [2.45, 2.75) is 0 Å². The SMILES string of the molecule is c1ccc(-c2nc(-c3ccc4c(c3)oc3ccccc34)nc(-c3cccc4oc5c(-c6nc7ccccc7s6)cccc5c34)n2)cc1. The summed E-state index contributed by atoms with van der Waals surface area (Å²) in [5.41, 5.74) is 7.76. The first-order valence-electron chi connectivity index (χ1n) is 15.3. The number of thiazole rings is 1. The molecule has 0 atom stereocenters. The van der Waals surface area contributed by atoms with E-state index in [-0.39, 0.29) is 0 Å². The number of rotatable bonds is 4. The first kappa shape index (κ1) is 26.1. The molecule has 0 unspecified atom stereocenters. The largest absolute Gasteiger partial charge is 0.456 e. The Morgan fingerprint density at radius 2 is 1.15 bits per heavy atom. The number of furan rings is 2. The van der Waals surface area contributed by atoms with Crippen LogP contribution in [0.3, 0.4) is 0 Å². The van der Waals surface area contributed by atoms with Crippen LogP contribution in [-0.2, 0) is 0 Å². The fraction of sp³-hybridized carbons (Fsp3) is 0. The minimum atomic E-state index is 0.566. The fourth-order valence-electron chi connectivity index (χ4n) is 6.40. The van der Waals surface area contributed by atoms with Crippen LogP contribution >= 0.6 is 11.3 Å². The van der Waals surface area contributed by atoms with Crippen molar-refractivity contribution in [3.05, 3.63) is 133 Å². The molecule has 220 valence electrons. The minimum absolute atomic E-state index is 0.566. The lowest BCUT2D eigenvalue weighted by atomic mass is 10.0. The van der Waals surface area contributed by atoms with Crippen molar-refractivity contribution >= 4 is 65.4 Å². The van der Waals surface area contributed by atoms with Gasteiger partial charge < -0.3 is 8.83 Å². The zero-order valence-corrected chi connectivity index (χ0v) is 25.5. The van der Waals surface area contributed by atoms with Gasteiger partial charge in [-0.1, -0.05) is 91.0 Å². The van der Waals surface area contributed by atoms with Gasteiger partial charge in [0.05, 0.1) is 15.8 Å². The molecule has 6 aromatic carbocycles. The van der Waals surface area contributed by atoms with Crippen LogP contribution in [-0.4, -0.2) is 19.9 Å². The molecular weight excluding hydrogens is 601 g/mol. The lowest BCUT2D eigenvalue weighted by Gasteiger charge is -2.09. The van der Waals surface area contributed by atoms with Gasteiger partial charge in [0.1, 0.15) is 27.3 Å². The number of hydrogen-bond donors (Lipinski definition) is 0. The van der Waals surface area contributed by atoms with Crippen molar-refractivity contribution in [3.63, 3.8) is 0 Å². The maximum absolute atomic E-state index is 6.59. The molecule has 0 spiro atoms. The minimum Gasteiger partial charge on any atom is -0.456 e. The Morgan fingerprint density at radius 1 is 0.447 bits per heavy atom. The predicted octanol–water partition coefficient (Wildman–Crippen LogP) is 10.9. The zero-order valence-electron chi connectivity index (χ0n) is 24.7. The summed E-state index contributed by atoms with van der Waals surface area (Å²) in [7, 11) is 0. The van der Waals surface area contributed by atoms with Gasteiger partial charge in [-0.05, 0) is 42.5 Å². The maximum atomic E-state index is 6.59. The van der Waals surface area contributed by atoms with E-state index in [4.69, 9.17) is 28.8 Å². The molecule has 4 heterocycles. The number of nitrogens with zero attached hydrogens (tertiary/aromatic N) is 4. The molecule has 4 aromatic heterocycles. The van der Waals surface area contributed by atoms with Gasteiger partial charge in [-0.25, -0.2) is 19.9 Å². The van der Waals surface area contributed by atoms with Crippen LogP contribution in [0.2, 0.25) is 0 Å². The molecule has 0 saturated heterocycles. The highest BCUT2D eigenvalue weighted by Crippen LogP contribution is 2.42. The van der Waals surface area contributed by atoms with Crippen LogP contribution in [0, 0.1) is 0 Å². The van der Waals surface area contributed by atoms with E-state index in [2.05, 4.69) is 48.5 Å². The maximum Gasteiger partial charge on any atom is 0.164 e. The van der Waals surface area contributed by atoms with Gasteiger partial charge in [-0.2, -0.15) is 0 Å². The molecule has 0 amide bonds. The highest BCUT2D eigenvalue weighted by atomic mass is 32.1. The Balaban J connectivity index is 1.19. The highest BCUT2D eigenvalue weighted by Gasteiger charge is 2.21. The molecule has 7 heteroatoms. The molecule has 0 radical (unpaired) electrons. The molecule has 0 N–H and O–H groups in total. The lowest BCUT2D eigenvalue weighted by Crippen LogP contribution is -2.00. The summed E-state index contributed by atoms with van der Waals surface area (Å²) in [6.07, 6.45) is 0. The molecule has 6 nitrogen and oxygen atoms in total. The fourth-order valence-corrected chi connectivity index (χ4v) is 7.38. The van der Waals surface area contributed by atoms with Crippen molar-refractivity contribution in [3.8, 4) is 44.7 Å². The molecule has 0 bridgehead atoms. The van der Waals surface area contributed by atoms with Crippen molar-refractivity contribution in [2.75, 3.05) is 0 Å². The molecule has 0 aliphatic rings. The summed E-state index contributed by atoms with van der Waals surface area (Å²) in [5, 5.41) is 5.00. The van der Waals surface area contributed by atoms with E-state index in [1.807, 2.05) is 84.9 Å². The van der Waals surface area contributed by atoms with Crippen LogP contribution in [0.15, 0.2) is 142 Å². The molecule has 0 aliphatic heterocycles. The number of aromatic nitrogens is 4. The van der Waals surface area contributed by atoms with Gasteiger partial charge in [0.25, 0.3) is 0 Å². The van der Waals surface area contributed by atoms with Crippen molar-refractivity contribution in [1.29, 1.82) is 0 Å². The number of para-hydroxylation sites is 3. The smallest absolute Gasteiger partial charge is 0.164 e. The molecular formula is C40H22N4O2S. The van der Waals surface area contributed by atoms with Gasteiger partial charge in [-0.15, -0.1) is 11.3 Å². The lowest BCUT2D eigenvalue weighted by molar-refractivity contribution is 0.669. The summed E-state index contributed by atoms with van der Waals surface area (Å²) in [4.78, 5) is 20.0. The second kappa shape index (κ2) is 10.2. The van der Waals surface area contributed by atoms with Crippen LogP contribution in [0.4, 0.5) is 0 Å². The first-order chi connectivity index (χ1) is 23.3. The summed E-state index contributed by atoms with van der Waals surface area (Å²) >= 11 is 1.66. The van der Waals surface area contributed by atoms with Gasteiger partial charge in [0, 0.05) is 38.2 Å².